The molecule has 1 aromatic rings. The smallest absolute Gasteiger partial charge is 0.0106 e. The summed E-state index contributed by atoms with van der Waals surface area (Å²) in [4.78, 5) is 0. The van der Waals surface area contributed by atoms with Crippen molar-refractivity contribution in [1.29, 1.82) is 0 Å². The predicted octanol–water partition coefficient (Wildman–Crippen LogP) is 3.53. The van der Waals surface area contributed by atoms with Crippen LogP contribution in [0.3, 0.4) is 0 Å². The van der Waals surface area contributed by atoms with Crippen molar-refractivity contribution in [3.8, 4) is 0 Å². The maximum atomic E-state index is 3.43. The second-order valence-electron chi connectivity index (χ2n) is 5.51. The maximum Gasteiger partial charge on any atom is 0.0106 e. The molecular weight excluding hydrogens is 206 g/mol. The number of fused-ring (bicyclic) bond motifs is 1. The van der Waals surface area contributed by atoms with Gasteiger partial charge in [-0.2, -0.15) is 0 Å². The molecule has 1 heteroatoms. The van der Waals surface area contributed by atoms with Gasteiger partial charge in [0.2, 0.25) is 0 Å². The van der Waals surface area contributed by atoms with Crippen molar-refractivity contribution in [1.82, 2.24) is 5.32 Å². The highest BCUT2D eigenvalue weighted by atomic mass is 14.8. The topological polar surface area (TPSA) is 12.0 Å². The molecule has 0 bridgehead atoms. The quantitative estimate of drug-likeness (QED) is 0.836. The Hall–Kier alpha value is -0.820. The van der Waals surface area contributed by atoms with Crippen LogP contribution in [-0.2, 0) is 11.8 Å². The highest BCUT2D eigenvalue weighted by Crippen LogP contribution is 2.43. The Kier molecular flexibility index (Phi) is 3.88. The summed E-state index contributed by atoms with van der Waals surface area (Å²) >= 11 is 0. The van der Waals surface area contributed by atoms with Gasteiger partial charge in [-0.05, 0) is 43.4 Å². The summed E-state index contributed by atoms with van der Waals surface area (Å²) in [5, 5.41) is 3.43. The third-order valence-corrected chi connectivity index (χ3v) is 4.67. The van der Waals surface area contributed by atoms with Crippen LogP contribution < -0.4 is 5.32 Å². The molecule has 1 aliphatic rings. The molecule has 94 valence electrons. The van der Waals surface area contributed by atoms with Crippen molar-refractivity contribution in [2.24, 2.45) is 5.92 Å². The molecule has 0 spiro atoms. The lowest BCUT2D eigenvalue weighted by atomic mass is 9.62. The molecule has 2 atom stereocenters. The van der Waals surface area contributed by atoms with E-state index in [0.717, 1.165) is 12.5 Å². The first-order chi connectivity index (χ1) is 8.24. The molecule has 0 heterocycles. The van der Waals surface area contributed by atoms with Gasteiger partial charge in [-0.25, -0.2) is 0 Å². The van der Waals surface area contributed by atoms with Crippen molar-refractivity contribution >= 4 is 0 Å². The fraction of sp³-hybridized carbons (Fsp3) is 0.625. The van der Waals surface area contributed by atoms with Crippen molar-refractivity contribution in [2.75, 3.05) is 13.6 Å². The first-order valence-electron chi connectivity index (χ1n) is 6.97. The molecule has 0 aliphatic heterocycles. The Morgan fingerprint density at radius 2 is 2.12 bits per heavy atom. The van der Waals surface area contributed by atoms with E-state index in [2.05, 4.69) is 50.5 Å². The van der Waals surface area contributed by atoms with Crippen molar-refractivity contribution < 1.29 is 0 Å². The van der Waals surface area contributed by atoms with Crippen LogP contribution in [0.4, 0.5) is 0 Å². The summed E-state index contributed by atoms with van der Waals surface area (Å²) in [7, 11) is 2.08. The highest BCUT2D eigenvalue weighted by molar-refractivity contribution is 5.38. The molecule has 0 amide bonds. The molecule has 1 aliphatic carbocycles. The van der Waals surface area contributed by atoms with Crippen LogP contribution in [-0.4, -0.2) is 13.6 Å². The second-order valence-corrected chi connectivity index (χ2v) is 5.51. The molecule has 0 saturated carbocycles. The fourth-order valence-electron chi connectivity index (χ4n) is 3.53. The lowest BCUT2D eigenvalue weighted by Crippen LogP contribution is -2.44. The van der Waals surface area contributed by atoms with Crippen LogP contribution in [0.1, 0.15) is 44.2 Å². The van der Waals surface area contributed by atoms with E-state index in [1.165, 1.54) is 25.7 Å². The van der Waals surface area contributed by atoms with E-state index in [1.807, 2.05) is 0 Å². The van der Waals surface area contributed by atoms with E-state index in [9.17, 15) is 0 Å². The van der Waals surface area contributed by atoms with Crippen LogP contribution in [0.2, 0.25) is 0 Å². The molecule has 17 heavy (non-hydrogen) atoms. The predicted molar refractivity (Wildman–Crippen MR) is 74.4 cm³/mol. The first kappa shape index (κ1) is 12.6. The van der Waals surface area contributed by atoms with Crippen LogP contribution in [0.5, 0.6) is 0 Å². The van der Waals surface area contributed by atoms with Crippen LogP contribution in [0.15, 0.2) is 24.3 Å². The minimum atomic E-state index is 0.359. The summed E-state index contributed by atoms with van der Waals surface area (Å²) in [6.07, 6.45) is 5.19. The van der Waals surface area contributed by atoms with Gasteiger partial charge in [-0.1, -0.05) is 44.5 Å². The van der Waals surface area contributed by atoms with Crippen molar-refractivity contribution in [2.45, 2.75) is 44.9 Å². The Morgan fingerprint density at radius 3 is 2.82 bits per heavy atom. The molecule has 0 fully saturated rings. The molecule has 0 radical (unpaired) electrons. The van der Waals surface area contributed by atoms with Crippen molar-refractivity contribution in [3.63, 3.8) is 0 Å². The van der Waals surface area contributed by atoms with Gasteiger partial charge in [0, 0.05) is 12.0 Å². The number of rotatable bonds is 4. The van der Waals surface area contributed by atoms with Gasteiger partial charge in [-0.3, -0.25) is 0 Å². The van der Waals surface area contributed by atoms with Gasteiger partial charge in [0.1, 0.15) is 0 Å². The summed E-state index contributed by atoms with van der Waals surface area (Å²) in [5.74, 6) is 0.747. The van der Waals surface area contributed by atoms with Crippen molar-refractivity contribution in [3.05, 3.63) is 35.4 Å². The van der Waals surface area contributed by atoms with Gasteiger partial charge in [0.25, 0.3) is 0 Å². The first-order valence-corrected chi connectivity index (χ1v) is 6.97. The van der Waals surface area contributed by atoms with Crippen LogP contribution in [0.25, 0.3) is 0 Å². The average Bonchev–Trinajstić information content (AvgIpc) is 2.38. The molecule has 2 rings (SSSR count). The Morgan fingerprint density at radius 1 is 1.35 bits per heavy atom. The average molecular weight is 231 g/mol. The van der Waals surface area contributed by atoms with Crippen LogP contribution in [0, 0.1) is 5.92 Å². The van der Waals surface area contributed by atoms with Gasteiger partial charge in [0.15, 0.2) is 0 Å². The second kappa shape index (κ2) is 5.22. The maximum absolute atomic E-state index is 3.43. The minimum absolute atomic E-state index is 0.359. The molecule has 2 unspecified atom stereocenters. The van der Waals surface area contributed by atoms with E-state index in [1.54, 1.807) is 11.1 Å². The number of hydrogen-bond acceptors (Lipinski definition) is 1. The molecule has 1 nitrogen and oxygen atoms in total. The molecule has 1 aromatic carbocycles. The minimum Gasteiger partial charge on any atom is -0.319 e. The summed E-state index contributed by atoms with van der Waals surface area (Å²) in [6, 6.07) is 9.07. The zero-order valence-electron chi connectivity index (χ0n) is 11.4. The Balaban J connectivity index is 2.47. The number of likely N-dealkylation sites (N-methyl/N-ethyl adjacent to an activating group) is 1. The monoisotopic (exact) mass is 231 g/mol. The SMILES string of the molecule is CCC(C)C1(CNC)CCCc2ccccc21. The van der Waals surface area contributed by atoms with E-state index in [-0.39, 0.29) is 0 Å². The number of nitrogens with one attached hydrogen (secondary N) is 1. The van der Waals surface area contributed by atoms with Gasteiger partial charge in [-0.15, -0.1) is 0 Å². The van der Waals surface area contributed by atoms with Crippen LogP contribution >= 0.6 is 0 Å². The lowest BCUT2D eigenvalue weighted by Gasteiger charge is -2.44. The summed E-state index contributed by atoms with van der Waals surface area (Å²) < 4.78 is 0. The highest BCUT2D eigenvalue weighted by Gasteiger charge is 2.39. The number of benzene rings is 1. The van der Waals surface area contributed by atoms with E-state index in [4.69, 9.17) is 0 Å². The number of hydrogen-bond donors (Lipinski definition) is 1. The fourth-order valence-corrected chi connectivity index (χ4v) is 3.53. The third kappa shape index (κ3) is 2.13. The zero-order valence-corrected chi connectivity index (χ0v) is 11.4. The molecule has 0 aromatic heterocycles. The van der Waals surface area contributed by atoms with Gasteiger partial charge >= 0.3 is 0 Å². The van der Waals surface area contributed by atoms with E-state index < -0.39 is 0 Å². The number of aryl methyl sites for hydroxylation is 1. The van der Waals surface area contributed by atoms with E-state index >= 15 is 0 Å². The molecule has 1 N–H and O–H groups in total. The standard InChI is InChI=1S/C16H25N/c1-4-13(2)16(12-17-3)11-7-9-14-8-5-6-10-15(14)16/h5-6,8,10,13,17H,4,7,9,11-12H2,1-3H3. The lowest BCUT2D eigenvalue weighted by molar-refractivity contribution is 0.234. The summed E-state index contributed by atoms with van der Waals surface area (Å²) in [5.41, 5.74) is 3.54. The Bertz CT molecular complexity index is 372. The van der Waals surface area contributed by atoms with E-state index in [0.29, 0.717) is 5.41 Å². The Labute approximate surface area is 106 Å². The normalized spacial score (nSPS) is 25.4. The largest absolute Gasteiger partial charge is 0.319 e. The van der Waals surface area contributed by atoms with Gasteiger partial charge < -0.3 is 5.32 Å². The zero-order chi connectivity index (χ0) is 12.3. The molecular formula is C16H25N. The summed E-state index contributed by atoms with van der Waals surface area (Å²) in [6.45, 7) is 5.84. The third-order valence-electron chi connectivity index (χ3n) is 4.67. The molecule has 0 saturated heterocycles. The van der Waals surface area contributed by atoms with Gasteiger partial charge in [0.05, 0.1) is 0 Å².